The molecule has 4 heteroatoms. The van der Waals surface area contributed by atoms with Gasteiger partial charge < -0.3 is 10.8 Å². The van der Waals surface area contributed by atoms with E-state index in [4.69, 9.17) is 10.8 Å². The fraction of sp³-hybridized carbons (Fsp3) is 0. The predicted molar refractivity (Wildman–Crippen MR) is 61.0 cm³/mol. The molecule has 1 aromatic carbocycles. The molecule has 0 bridgehead atoms. The van der Waals surface area contributed by atoms with E-state index >= 15 is 0 Å². The highest BCUT2D eigenvalue weighted by Crippen LogP contribution is 2.25. The second-order valence-electron chi connectivity index (χ2n) is 3.35. The second-order valence-corrected chi connectivity index (χ2v) is 3.35. The summed E-state index contributed by atoms with van der Waals surface area (Å²) in [6, 6.07) is 8.41. The van der Waals surface area contributed by atoms with Gasteiger partial charge in [0.05, 0.1) is 17.4 Å². The standard InChI is InChI=1S/C12H10N2O2/c13-11-7-14-5-4-10(11)8-2-1-3-9(6-8)12(15)16/h1-7H,13H2,(H,15,16). The average molecular weight is 214 g/mol. The molecule has 0 atom stereocenters. The zero-order valence-corrected chi connectivity index (χ0v) is 8.42. The number of nitrogens with two attached hydrogens (primary N) is 1. The van der Waals surface area contributed by atoms with E-state index in [0.29, 0.717) is 5.69 Å². The van der Waals surface area contributed by atoms with Crippen LogP contribution >= 0.6 is 0 Å². The van der Waals surface area contributed by atoms with Crippen molar-refractivity contribution in [1.29, 1.82) is 0 Å². The Kier molecular flexibility index (Phi) is 2.55. The number of hydrogen-bond donors (Lipinski definition) is 2. The van der Waals surface area contributed by atoms with E-state index in [9.17, 15) is 4.79 Å². The molecule has 0 aliphatic heterocycles. The van der Waals surface area contributed by atoms with E-state index in [1.165, 1.54) is 0 Å². The number of carboxylic acids is 1. The topological polar surface area (TPSA) is 76.2 Å². The minimum Gasteiger partial charge on any atom is -0.478 e. The zero-order chi connectivity index (χ0) is 11.5. The van der Waals surface area contributed by atoms with Crippen molar-refractivity contribution in [1.82, 2.24) is 4.98 Å². The first kappa shape index (κ1) is 10.2. The van der Waals surface area contributed by atoms with Crippen molar-refractivity contribution in [2.75, 3.05) is 5.73 Å². The van der Waals surface area contributed by atoms with Crippen LogP contribution in [0.2, 0.25) is 0 Å². The number of carboxylic acid groups (broad SMARTS) is 1. The van der Waals surface area contributed by atoms with Gasteiger partial charge in [0.15, 0.2) is 0 Å². The summed E-state index contributed by atoms with van der Waals surface area (Å²) in [5, 5.41) is 8.88. The van der Waals surface area contributed by atoms with Gasteiger partial charge in [-0.3, -0.25) is 4.98 Å². The molecule has 0 aliphatic rings. The summed E-state index contributed by atoms with van der Waals surface area (Å²) >= 11 is 0. The molecule has 0 amide bonds. The van der Waals surface area contributed by atoms with Crippen LogP contribution in [0.3, 0.4) is 0 Å². The largest absolute Gasteiger partial charge is 0.478 e. The third-order valence-corrected chi connectivity index (χ3v) is 2.27. The fourth-order valence-electron chi connectivity index (χ4n) is 1.49. The first-order chi connectivity index (χ1) is 7.68. The van der Waals surface area contributed by atoms with E-state index in [2.05, 4.69) is 4.98 Å². The highest BCUT2D eigenvalue weighted by molar-refractivity contribution is 5.90. The van der Waals surface area contributed by atoms with E-state index in [1.807, 2.05) is 6.07 Å². The van der Waals surface area contributed by atoms with Crippen LogP contribution in [0.5, 0.6) is 0 Å². The fourth-order valence-corrected chi connectivity index (χ4v) is 1.49. The van der Waals surface area contributed by atoms with E-state index in [0.717, 1.165) is 11.1 Å². The molecule has 2 aromatic rings. The summed E-state index contributed by atoms with van der Waals surface area (Å²) in [5.74, 6) is -0.950. The smallest absolute Gasteiger partial charge is 0.335 e. The molecule has 0 radical (unpaired) electrons. The number of carbonyl (C=O) groups is 1. The predicted octanol–water partition coefficient (Wildman–Crippen LogP) is 2.03. The van der Waals surface area contributed by atoms with Gasteiger partial charge in [-0.2, -0.15) is 0 Å². The van der Waals surface area contributed by atoms with Crippen LogP contribution in [0.25, 0.3) is 11.1 Å². The highest BCUT2D eigenvalue weighted by Gasteiger charge is 2.06. The van der Waals surface area contributed by atoms with Crippen LogP contribution in [-0.2, 0) is 0 Å². The number of aromatic nitrogens is 1. The van der Waals surface area contributed by atoms with E-state index in [1.54, 1.807) is 36.7 Å². The van der Waals surface area contributed by atoms with E-state index < -0.39 is 5.97 Å². The van der Waals surface area contributed by atoms with Crippen molar-refractivity contribution in [3.05, 3.63) is 48.3 Å². The lowest BCUT2D eigenvalue weighted by molar-refractivity contribution is 0.0697. The number of nitrogen functional groups attached to an aromatic ring is 1. The Bertz CT molecular complexity index is 538. The van der Waals surface area contributed by atoms with Gasteiger partial charge in [0.1, 0.15) is 0 Å². The highest BCUT2D eigenvalue weighted by atomic mass is 16.4. The summed E-state index contributed by atoms with van der Waals surface area (Å²) in [5.41, 5.74) is 8.11. The summed E-state index contributed by atoms with van der Waals surface area (Å²) in [6.45, 7) is 0. The summed E-state index contributed by atoms with van der Waals surface area (Å²) in [6.07, 6.45) is 3.17. The maximum Gasteiger partial charge on any atom is 0.335 e. The SMILES string of the molecule is Nc1cnccc1-c1cccc(C(=O)O)c1. The first-order valence-electron chi connectivity index (χ1n) is 4.71. The number of nitrogens with zero attached hydrogens (tertiary/aromatic N) is 1. The van der Waals surface area contributed by atoms with Gasteiger partial charge in [0.2, 0.25) is 0 Å². The summed E-state index contributed by atoms with van der Waals surface area (Å²) in [7, 11) is 0. The van der Waals surface area contributed by atoms with Crippen molar-refractivity contribution in [3.63, 3.8) is 0 Å². The summed E-state index contributed by atoms with van der Waals surface area (Å²) in [4.78, 5) is 14.7. The van der Waals surface area contributed by atoms with Gasteiger partial charge in [-0.05, 0) is 23.8 Å². The Labute approximate surface area is 92.4 Å². The Balaban J connectivity index is 2.53. The molecule has 1 heterocycles. The summed E-state index contributed by atoms with van der Waals surface area (Å²) < 4.78 is 0. The lowest BCUT2D eigenvalue weighted by Crippen LogP contribution is -1.97. The molecular formula is C12H10N2O2. The molecule has 2 rings (SSSR count). The number of anilines is 1. The quantitative estimate of drug-likeness (QED) is 0.801. The van der Waals surface area contributed by atoms with Gasteiger partial charge in [-0.25, -0.2) is 4.79 Å². The minimum absolute atomic E-state index is 0.244. The second kappa shape index (κ2) is 4.02. The van der Waals surface area contributed by atoms with Crippen molar-refractivity contribution in [2.45, 2.75) is 0 Å². The van der Waals surface area contributed by atoms with Crippen LogP contribution in [0, 0.1) is 0 Å². The third kappa shape index (κ3) is 1.86. The monoisotopic (exact) mass is 214 g/mol. The van der Waals surface area contributed by atoms with E-state index in [-0.39, 0.29) is 5.56 Å². The molecule has 4 nitrogen and oxygen atoms in total. The van der Waals surface area contributed by atoms with Crippen LogP contribution in [0.4, 0.5) is 5.69 Å². The Morgan fingerprint density at radius 2 is 2.12 bits per heavy atom. The molecule has 3 N–H and O–H groups in total. The van der Waals surface area contributed by atoms with Crippen molar-refractivity contribution in [3.8, 4) is 11.1 Å². The van der Waals surface area contributed by atoms with Gasteiger partial charge in [-0.1, -0.05) is 12.1 Å². The molecule has 0 fully saturated rings. The van der Waals surface area contributed by atoms with Gasteiger partial charge in [-0.15, -0.1) is 0 Å². The first-order valence-corrected chi connectivity index (χ1v) is 4.71. The van der Waals surface area contributed by atoms with Crippen molar-refractivity contribution >= 4 is 11.7 Å². The van der Waals surface area contributed by atoms with Gasteiger partial charge in [0.25, 0.3) is 0 Å². The molecule has 0 unspecified atom stereocenters. The molecule has 1 aromatic heterocycles. The molecule has 0 saturated heterocycles. The molecule has 0 saturated carbocycles. The zero-order valence-electron chi connectivity index (χ0n) is 8.42. The molecule has 0 aliphatic carbocycles. The lowest BCUT2D eigenvalue weighted by Gasteiger charge is -2.05. The van der Waals surface area contributed by atoms with Crippen LogP contribution < -0.4 is 5.73 Å². The molecular weight excluding hydrogens is 204 g/mol. The van der Waals surface area contributed by atoms with Crippen LogP contribution in [0.15, 0.2) is 42.7 Å². The maximum absolute atomic E-state index is 10.8. The van der Waals surface area contributed by atoms with Gasteiger partial charge in [0, 0.05) is 11.8 Å². The number of rotatable bonds is 2. The van der Waals surface area contributed by atoms with Crippen LogP contribution in [-0.4, -0.2) is 16.1 Å². The normalized spacial score (nSPS) is 10.0. The van der Waals surface area contributed by atoms with Crippen molar-refractivity contribution < 1.29 is 9.90 Å². The molecule has 80 valence electrons. The number of aromatic carboxylic acids is 1. The molecule has 0 spiro atoms. The van der Waals surface area contributed by atoms with Gasteiger partial charge >= 0.3 is 5.97 Å². The molecule has 16 heavy (non-hydrogen) atoms. The maximum atomic E-state index is 10.8. The Hall–Kier alpha value is -2.36. The number of hydrogen-bond acceptors (Lipinski definition) is 3. The van der Waals surface area contributed by atoms with Crippen LogP contribution in [0.1, 0.15) is 10.4 Å². The average Bonchev–Trinajstić information content (AvgIpc) is 2.30. The third-order valence-electron chi connectivity index (χ3n) is 2.27. The Morgan fingerprint density at radius 3 is 2.81 bits per heavy atom. The number of pyridine rings is 1. The minimum atomic E-state index is -0.950. The van der Waals surface area contributed by atoms with Crippen molar-refractivity contribution in [2.24, 2.45) is 0 Å². The lowest BCUT2D eigenvalue weighted by atomic mass is 10.0. The Morgan fingerprint density at radius 1 is 1.31 bits per heavy atom. The number of benzene rings is 1.